The predicted octanol–water partition coefficient (Wildman–Crippen LogP) is 5.37. The summed E-state index contributed by atoms with van der Waals surface area (Å²) in [5.41, 5.74) is 3.50. The molecular formula is C28H26IN7O3. The van der Waals surface area contributed by atoms with Crippen LogP contribution in [0.25, 0.3) is 0 Å². The summed E-state index contributed by atoms with van der Waals surface area (Å²) in [6, 6.07) is 23.2. The van der Waals surface area contributed by atoms with E-state index in [0.29, 0.717) is 28.7 Å². The molecule has 0 spiro atoms. The van der Waals surface area contributed by atoms with Gasteiger partial charge in [-0.3, -0.25) is 10.1 Å². The molecule has 3 aromatic carbocycles. The van der Waals surface area contributed by atoms with Gasteiger partial charge >= 0.3 is 6.03 Å². The molecule has 1 aliphatic heterocycles. The molecule has 0 saturated carbocycles. The third-order valence-electron chi connectivity index (χ3n) is 5.94. The fourth-order valence-electron chi connectivity index (χ4n) is 3.97. The Labute approximate surface area is 239 Å². The zero-order chi connectivity index (χ0) is 27.0. The van der Waals surface area contributed by atoms with Gasteiger partial charge in [-0.1, -0.05) is 30.3 Å². The topological polar surface area (TPSA) is 121 Å². The van der Waals surface area contributed by atoms with Crippen molar-refractivity contribution in [3.63, 3.8) is 0 Å². The van der Waals surface area contributed by atoms with E-state index in [1.165, 1.54) is 0 Å². The maximum Gasteiger partial charge on any atom is 0.326 e. The summed E-state index contributed by atoms with van der Waals surface area (Å²) in [5.74, 6) is 0.499. The van der Waals surface area contributed by atoms with E-state index in [1.807, 2.05) is 24.3 Å². The Kier molecular flexibility index (Phi) is 8.48. The van der Waals surface area contributed by atoms with Gasteiger partial charge < -0.3 is 25.6 Å². The summed E-state index contributed by atoms with van der Waals surface area (Å²) < 4.78 is 6.22. The van der Waals surface area contributed by atoms with Crippen molar-refractivity contribution in [1.29, 1.82) is 0 Å². The van der Waals surface area contributed by atoms with E-state index in [1.54, 1.807) is 48.7 Å². The number of imide groups is 1. The number of benzene rings is 3. The molecule has 0 aliphatic carbocycles. The minimum Gasteiger partial charge on any atom is -0.378 e. The molecule has 39 heavy (non-hydrogen) atoms. The average Bonchev–Trinajstić information content (AvgIpc) is 2.97. The fraction of sp³-hybridized carbons (Fsp3) is 0.143. The summed E-state index contributed by atoms with van der Waals surface area (Å²) in [6.07, 6.45) is 1.71. The third kappa shape index (κ3) is 7.00. The van der Waals surface area contributed by atoms with Crippen LogP contribution in [0.5, 0.6) is 0 Å². The molecule has 1 aromatic heterocycles. The van der Waals surface area contributed by atoms with Gasteiger partial charge in [0.25, 0.3) is 5.91 Å². The Morgan fingerprint density at radius 1 is 0.846 bits per heavy atom. The summed E-state index contributed by atoms with van der Waals surface area (Å²) in [5, 5.41) is 11.6. The normalized spacial score (nSPS) is 12.9. The lowest BCUT2D eigenvalue weighted by molar-refractivity contribution is 0.0967. The molecule has 1 fully saturated rings. The Balaban J connectivity index is 1.25. The number of morpholine rings is 1. The lowest BCUT2D eigenvalue weighted by atomic mass is 10.2. The first-order valence-electron chi connectivity index (χ1n) is 12.3. The van der Waals surface area contributed by atoms with E-state index < -0.39 is 11.9 Å². The van der Waals surface area contributed by atoms with Gasteiger partial charge in [0.2, 0.25) is 5.95 Å². The first-order chi connectivity index (χ1) is 19.0. The Morgan fingerprint density at radius 2 is 1.54 bits per heavy atom. The number of aromatic nitrogens is 2. The predicted molar refractivity (Wildman–Crippen MR) is 160 cm³/mol. The minimum absolute atomic E-state index is 0.394. The van der Waals surface area contributed by atoms with Crippen molar-refractivity contribution in [2.45, 2.75) is 0 Å². The standard InChI is InChI=1S/C28H26IN7O3/c29-22-18-30-27(31-20-10-12-21(13-11-20)36-14-16-39-17-15-36)34-25(22)32-23-8-4-5-9-24(23)33-28(38)35-26(37)19-6-2-1-3-7-19/h1-13,18H,14-17H2,(H2,30,31,32,34)(H2,33,35,37,38). The summed E-state index contributed by atoms with van der Waals surface area (Å²) in [6.45, 7) is 3.23. The molecule has 0 unspecified atom stereocenters. The van der Waals surface area contributed by atoms with Crippen LogP contribution in [-0.2, 0) is 4.74 Å². The lowest BCUT2D eigenvalue weighted by Crippen LogP contribution is -2.36. The van der Waals surface area contributed by atoms with Crippen molar-refractivity contribution < 1.29 is 14.3 Å². The van der Waals surface area contributed by atoms with Gasteiger partial charge in [0.05, 0.1) is 28.2 Å². The van der Waals surface area contributed by atoms with E-state index in [-0.39, 0.29) is 0 Å². The number of anilines is 6. The molecular weight excluding hydrogens is 609 g/mol. The first-order valence-corrected chi connectivity index (χ1v) is 13.4. The maximum atomic E-state index is 12.5. The Hall–Kier alpha value is -4.23. The van der Waals surface area contributed by atoms with Crippen LogP contribution in [0.2, 0.25) is 0 Å². The molecule has 0 radical (unpaired) electrons. The number of para-hydroxylation sites is 2. The smallest absolute Gasteiger partial charge is 0.326 e. The molecule has 0 bridgehead atoms. The van der Waals surface area contributed by atoms with Crippen LogP contribution in [-0.4, -0.2) is 48.2 Å². The number of hydrogen-bond donors (Lipinski definition) is 4. The summed E-state index contributed by atoms with van der Waals surface area (Å²) in [4.78, 5) is 36.2. The van der Waals surface area contributed by atoms with Crippen LogP contribution < -0.4 is 26.2 Å². The zero-order valence-corrected chi connectivity index (χ0v) is 23.0. The molecule has 3 amide bonds. The largest absolute Gasteiger partial charge is 0.378 e. The highest BCUT2D eigenvalue weighted by Crippen LogP contribution is 2.28. The molecule has 5 rings (SSSR count). The van der Waals surface area contributed by atoms with Crippen LogP contribution in [0.3, 0.4) is 0 Å². The monoisotopic (exact) mass is 635 g/mol. The average molecular weight is 635 g/mol. The van der Waals surface area contributed by atoms with Crippen molar-refractivity contribution in [3.05, 3.63) is 94.2 Å². The third-order valence-corrected chi connectivity index (χ3v) is 6.72. The van der Waals surface area contributed by atoms with Gasteiger partial charge in [0.1, 0.15) is 5.82 Å². The second kappa shape index (κ2) is 12.5. The SMILES string of the molecule is O=C(NC(=O)c1ccccc1)Nc1ccccc1Nc1nc(Nc2ccc(N3CCOCC3)cc2)ncc1I. The Bertz CT molecular complexity index is 1450. The number of ether oxygens (including phenoxy) is 1. The number of rotatable bonds is 7. The molecule has 2 heterocycles. The van der Waals surface area contributed by atoms with E-state index in [2.05, 4.69) is 70.9 Å². The maximum absolute atomic E-state index is 12.5. The van der Waals surface area contributed by atoms with Gasteiger partial charge in [-0.25, -0.2) is 9.78 Å². The highest BCUT2D eigenvalue weighted by Gasteiger charge is 2.14. The van der Waals surface area contributed by atoms with E-state index in [0.717, 1.165) is 41.2 Å². The second-order valence-electron chi connectivity index (χ2n) is 8.61. The van der Waals surface area contributed by atoms with Crippen LogP contribution in [0.1, 0.15) is 10.4 Å². The number of urea groups is 1. The molecule has 1 aliphatic rings. The molecule has 1 saturated heterocycles. The van der Waals surface area contributed by atoms with Crippen molar-refractivity contribution in [3.8, 4) is 0 Å². The van der Waals surface area contributed by atoms with Crippen molar-refractivity contribution in [2.75, 3.05) is 47.2 Å². The van der Waals surface area contributed by atoms with Gasteiger partial charge in [-0.15, -0.1) is 0 Å². The fourth-order valence-corrected chi connectivity index (χ4v) is 4.36. The minimum atomic E-state index is -0.640. The van der Waals surface area contributed by atoms with Gasteiger partial charge in [0, 0.05) is 36.2 Å². The number of nitrogens with one attached hydrogen (secondary N) is 4. The number of amides is 3. The lowest BCUT2D eigenvalue weighted by Gasteiger charge is -2.28. The number of carbonyl (C=O) groups is 2. The van der Waals surface area contributed by atoms with Gasteiger partial charge in [0.15, 0.2) is 0 Å². The van der Waals surface area contributed by atoms with Crippen molar-refractivity contribution >= 4 is 69.0 Å². The van der Waals surface area contributed by atoms with Crippen molar-refractivity contribution in [1.82, 2.24) is 15.3 Å². The van der Waals surface area contributed by atoms with Crippen LogP contribution in [0.4, 0.5) is 39.3 Å². The van der Waals surface area contributed by atoms with Crippen LogP contribution in [0, 0.1) is 3.57 Å². The first kappa shape index (κ1) is 26.4. The molecule has 4 N–H and O–H groups in total. The number of halogens is 1. The number of hydrogen-bond acceptors (Lipinski definition) is 8. The van der Waals surface area contributed by atoms with Crippen LogP contribution >= 0.6 is 22.6 Å². The molecule has 0 atom stereocenters. The van der Waals surface area contributed by atoms with E-state index >= 15 is 0 Å². The van der Waals surface area contributed by atoms with E-state index in [9.17, 15) is 9.59 Å². The van der Waals surface area contributed by atoms with Crippen LogP contribution in [0.15, 0.2) is 85.1 Å². The molecule has 4 aromatic rings. The zero-order valence-electron chi connectivity index (χ0n) is 20.9. The number of carbonyl (C=O) groups excluding carboxylic acids is 2. The van der Waals surface area contributed by atoms with Crippen molar-refractivity contribution in [2.24, 2.45) is 0 Å². The highest BCUT2D eigenvalue weighted by molar-refractivity contribution is 14.1. The van der Waals surface area contributed by atoms with Gasteiger partial charge in [-0.2, -0.15) is 4.98 Å². The molecule has 10 nitrogen and oxygen atoms in total. The Morgan fingerprint density at radius 3 is 2.28 bits per heavy atom. The molecule has 198 valence electrons. The van der Waals surface area contributed by atoms with E-state index in [4.69, 9.17) is 4.74 Å². The highest BCUT2D eigenvalue weighted by atomic mass is 127. The summed E-state index contributed by atoms with van der Waals surface area (Å²) in [7, 11) is 0. The molecule has 11 heteroatoms. The van der Waals surface area contributed by atoms with Gasteiger partial charge in [-0.05, 0) is 71.1 Å². The number of nitrogens with zero attached hydrogens (tertiary/aromatic N) is 3. The second-order valence-corrected chi connectivity index (χ2v) is 9.77. The summed E-state index contributed by atoms with van der Waals surface area (Å²) >= 11 is 2.15. The quantitative estimate of drug-likeness (QED) is 0.200.